The van der Waals surface area contributed by atoms with Crippen LogP contribution in [0.25, 0.3) is 6.08 Å². The number of carbonyl (C=O) groups excluding carboxylic acids is 2. The van der Waals surface area contributed by atoms with Crippen molar-refractivity contribution in [3.05, 3.63) is 58.5 Å². The van der Waals surface area contributed by atoms with E-state index in [1.54, 1.807) is 43.3 Å². The molecule has 1 aliphatic heterocycles. The number of furan rings is 1. The van der Waals surface area contributed by atoms with Gasteiger partial charge < -0.3 is 4.42 Å². The molecule has 0 unspecified atom stereocenters. The highest BCUT2D eigenvalue weighted by Gasteiger charge is 2.34. The Hall–Kier alpha value is -2.44. The number of nitrogens with zero attached hydrogens (tertiary/aromatic N) is 1. The van der Waals surface area contributed by atoms with Crippen LogP contribution < -0.4 is 10.2 Å². The second kappa shape index (κ2) is 5.98. The van der Waals surface area contributed by atoms with Gasteiger partial charge in [0, 0.05) is 5.02 Å². The van der Waals surface area contributed by atoms with Crippen molar-refractivity contribution in [1.82, 2.24) is 5.32 Å². The molecule has 3 rings (SSSR count). The molecule has 1 aliphatic rings. The summed E-state index contributed by atoms with van der Waals surface area (Å²) < 4.78 is 5.39. The van der Waals surface area contributed by atoms with Crippen LogP contribution in [0.1, 0.15) is 11.5 Å². The number of halogens is 1. The van der Waals surface area contributed by atoms with Gasteiger partial charge in [-0.25, -0.2) is 0 Å². The van der Waals surface area contributed by atoms with Crippen LogP contribution in [0, 0.1) is 6.92 Å². The van der Waals surface area contributed by atoms with Gasteiger partial charge in [0.05, 0.1) is 5.69 Å². The number of rotatable bonds is 2. The Morgan fingerprint density at radius 2 is 2.04 bits per heavy atom. The number of anilines is 1. The molecule has 2 amide bonds. The van der Waals surface area contributed by atoms with Crippen molar-refractivity contribution in [2.24, 2.45) is 0 Å². The molecule has 0 bridgehead atoms. The van der Waals surface area contributed by atoms with Crippen molar-refractivity contribution in [2.75, 3.05) is 4.90 Å². The fourth-order valence-electron chi connectivity index (χ4n) is 2.18. The third-order valence-electron chi connectivity index (χ3n) is 3.22. The first-order valence-electron chi connectivity index (χ1n) is 6.69. The summed E-state index contributed by atoms with van der Waals surface area (Å²) in [5.74, 6) is 0.00463. The van der Waals surface area contributed by atoms with Crippen molar-refractivity contribution in [3.8, 4) is 0 Å². The Labute approximate surface area is 142 Å². The molecule has 5 nitrogen and oxygen atoms in total. The third-order valence-corrected chi connectivity index (χ3v) is 3.74. The molecular formula is C16H11ClN2O3S. The summed E-state index contributed by atoms with van der Waals surface area (Å²) in [7, 11) is 0. The van der Waals surface area contributed by atoms with E-state index in [1.807, 2.05) is 0 Å². The summed E-state index contributed by atoms with van der Waals surface area (Å²) in [5.41, 5.74) is 0.418. The van der Waals surface area contributed by atoms with Gasteiger partial charge in [0.15, 0.2) is 5.11 Å². The van der Waals surface area contributed by atoms with Crippen LogP contribution in [0.2, 0.25) is 5.02 Å². The zero-order valence-electron chi connectivity index (χ0n) is 12.0. The second-order valence-electron chi connectivity index (χ2n) is 4.89. The molecule has 1 aromatic heterocycles. The number of benzene rings is 1. The molecule has 1 saturated heterocycles. The molecule has 116 valence electrons. The summed E-state index contributed by atoms with van der Waals surface area (Å²) in [6.07, 6.45) is 1.39. The lowest BCUT2D eigenvalue weighted by Crippen LogP contribution is -2.54. The summed E-state index contributed by atoms with van der Waals surface area (Å²) in [6.45, 7) is 1.78. The average Bonchev–Trinajstić information content (AvgIpc) is 2.89. The Kier molecular flexibility index (Phi) is 4.02. The van der Waals surface area contributed by atoms with Crippen molar-refractivity contribution < 1.29 is 14.0 Å². The van der Waals surface area contributed by atoms with Crippen LogP contribution in [-0.4, -0.2) is 16.9 Å². The molecule has 0 saturated carbocycles. The van der Waals surface area contributed by atoms with Crippen molar-refractivity contribution in [3.63, 3.8) is 0 Å². The molecular weight excluding hydrogens is 336 g/mol. The SMILES string of the molecule is Cc1ccc(C=C2C(=O)NC(=S)N(c3cccc(Cl)c3)C2=O)o1. The Morgan fingerprint density at radius 1 is 1.26 bits per heavy atom. The van der Waals surface area contributed by atoms with Gasteiger partial charge in [-0.15, -0.1) is 0 Å². The van der Waals surface area contributed by atoms with Gasteiger partial charge in [-0.3, -0.25) is 19.8 Å². The normalized spacial score (nSPS) is 16.9. The summed E-state index contributed by atoms with van der Waals surface area (Å²) in [4.78, 5) is 26.0. The minimum atomic E-state index is -0.563. The van der Waals surface area contributed by atoms with Gasteiger partial charge >= 0.3 is 0 Å². The summed E-state index contributed by atoms with van der Waals surface area (Å²) >= 11 is 11.1. The number of hydrogen-bond acceptors (Lipinski definition) is 4. The van der Waals surface area contributed by atoms with E-state index in [9.17, 15) is 9.59 Å². The lowest BCUT2D eigenvalue weighted by molar-refractivity contribution is -0.122. The molecule has 1 aromatic carbocycles. The van der Waals surface area contributed by atoms with E-state index >= 15 is 0 Å². The van der Waals surface area contributed by atoms with Crippen LogP contribution >= 0.6 is 23.8 Å². The fourth-order valence-corrected chi connectivity index (χ4v) is 2.65. The molecule has 0 atom stereocenters. The fraction of sp³-hybridized carbons (Fsp3) is 0.0625. The van der Waals surface area contributed by atoms with Gasteiger partial charge in [0.2, 0.25) is 0 Å². The molecule has 0 aliphatic carbocycles. The molecule has 7 heteroatoms. The molecule has 1 N–H and O–H groups in total. The van der Waals surface area contributed by atoms with Crippen molar-refractivity contribution in [2.45, 2.75) is 6.92 Å². The van der Waals surface area contributed by atoms with Gasteiger partial charge in [-0.1, -0.05) is 17.7 Å². The monoisotopic (exact) mass is 346 g/mol. The zero-order chi connectivity index (χ0) is 16.6. The Bertz CT molecular complexity index is 857. The maximum absolute atomic E-state index is 12.7. The van der Waals surface area contributed by atoms with E-state index in [2.05, 4.69) is 5.32 Å². The molecule has 0 radical (unpaired) electrons. The van der Waals surface area contributed by atoms with E-state index in [0.29, 0.717) is 22.2 Å². The molecule has 1 fully saturated rings. The zero-order valence-corrected chi connectivity index (χ0v) is 13.6. The smallest absolute Gasteiger partial charge is 0.270 e. The first-order chi connectivity index (χ1) is 11.0. The van der Waals surface area contributed by atoms with E-state index in [0.717, 1.165) is 0 Å². The predicted molar refractivity (Wildman–Crippen MR) is 91.1 cm³/mol. The number of thiocarbonyl (C=S) groups is 1. The first-order valence-corrected chi connectivity index (χ1v) is 7.48. The standard InChI is InChI=1S/C16H11ClN2O3S/c1-9-5-6-12(22-9)8-13-14(20)18-16(23)19(15(13)21)11-4-2-3-10(17)7-11/h2-8H,1H3,(H,18,20,23). The molecule has 2 aromatic rings. The number of hydrogen-bond donors (Lipinski definition) is 1. The quantitative estimate of drug-likeness (QED) is 0.515. The van der Waals surface area contributed by atoms with E-state index in [4.69, 9.17) is 28.2 Å². The highest BCUT2D eigenvalue weighted by Crippen LogP contribution is 2.24. The van der Waals surface area contributed by atoms with Crippen LogP contribution in [0.5, 0.6) is 0 Å². The first kappa shape index (κ1) is 15.5. The maximum Gasteiger partial charge on any atom is 0.270 e. The average molecular weight is 347 g/mol. The lowest BCUT2D eigenvalue weighted by Gasteiger charge is -2.28. The minimum Gasteiger partial charge on any atom is -0.462 e. The molecule has 23 heavy (non-hydrogen) atoms. The third kappa shape index (κ3) is 3.04. The number of carbonyl (C=O) groups is 2. The largest absolute Gasteiger partial charge is 0.462 e. The number of amides is 2. The van der Waals surface area contributed by atoms with Crippen LogP contribution in [0.3, 0.4) is 0 Å². The van der Waals surface area contributed by atoms with E-state index in [-0.39, 0.29) is 10.7 Å². The van der Waals surface area contributed by atoms with Gasteiger partial charge in [-0.2, -0.15) is 0 Å². The minimum absolute atomic E-state index is 0.00930. The van der Waals surface area contributed by atoms with E-state index < -0.39 is 11.8 Å². The summed E-state index contributed by atoms with van der Waals surface area (Å²) in [5, 5.41) is 2.97. The number of nitrogens with one attached hydrogen (secondary N) is 1. The van der Waals surface area contributed by atoms with Crippen LogP contribution in [0.15, 0.2) is 46.4 Å². The van der Waals surface area contributed by atoms with Crippen molar-refractivity contribution in [1.29, 1.82) is 0 Å². The predicted octanol–water partition coefficient (Wildman–Crippen LogP) is 3.07. The maximum atomic E-state index is 12.7. The number of aryl methyl sites for hydroxylation is 1. The highest BCUT2D eigenvalue weighted by molar-refractivity contribution is 7.80. The van der Waals surface area contributed by atoms with Gasteiger partial charge in [-0.05, 0) is 55.5 Å². The van der Waals surface area contributed by atoms with Crippen molar-refractivity contribution >= 4 is 52.5 Å². The van der Waals surface area contributed by atoms with Crippen LogP contribution in [-0.2, 0) is 9.59 Å². The van der Waals surface area contributed by atoms with Gasteiger partial charge in [0.25, 0.3) is 11.8 Å². The summed E-state index contributed by atoms with van der Waals surface area (Å²) in [6, 6.07) is 10.1. The lowest BCUT2D eigenvalue weighted by atomic mass is 10.1. The Balaban J connectivity index is 2.02. The topological polar surface area (TPSA) is 62.6 Å². The second-order valence-corrected chi connectivity index (χ2v) is 5.71. The van der Waals surface area contributed by atoms with Gasteiger partial charge in [0.1, 0.15) is 17.1 Å². The molecule has 2 heterocycles. The van der Waals surface area contributed by atoms with E-state index in [1.165, 1.54) is 11.0 Å². The Morgan fingerprint density at radius 3 is 2.70 bits per heavy atom. The molecule has 0 spiro atoms. The van der Waals surface area contributed by atoms with Crippen LogP contribution in [0.4, 0.5) is 5.69 Å². The highest BCUT2D eigenvalue weighted by atomic mass is 35.5.